The van der Waals surface area contributed by atoms with E-state index in [1.807, 2.05) is 0 Å². The number of phenols is 1. The predicted molar refractivity (Wildman–Crippen MR) is 51.8 cm³/mol. The van der Waals surface area contributed by atoms with Crippen LogP contribution in [0.1, 0.15) is 12.0 Å². The molecule has 0 aliphatic carbocycles. The molecule has 0 aliphatic rings. The van der Waals surface area contributed by atoms with Crippen LogP contribution in [-0.2, 0) is 11.2 Å². The van der Waals surface area contributed by atoms with Crippen LogP contribution in [0.2, 0.25) is 0 Å². The highest BCUT2D eigenvalue weighted by Gasteiger charge is 2.03. The summed E-state index contributed by atoms with van der Waals surface area (Å²) >= 11 is 3.28. The van der Waals surface area contributed by atoms with Gasteiger partial charge in [0.15, 0.2) is 0 Å². The van der Waals surface area contributed by atoms with Crippen LogP contribution in [0.4, 0.5) is 0 Å². The highest BCUT2D eigenvalue weighted by atomic mass is 79.9. The Morgan fingerprint density at radius 3 is 2.77 bits per heavy atom. The highest BCUT2D eigenvalue weighted by molar-refractivity contribution is 9.10. The van der Waals surface area contributed by atoms with Gasteiger partial charge in [0.05, 0.1) is 0 Å². The van der Waals surface area contributed by atoms with E-state index in [0.717, 1.165) is 10.0 Å². The van der Waals surface area contributed by atoms with Crippen molar-refractivity contribution in [1.29, 1.82) is 0 Å². The van der Waals surface area contributed by atoms with E-state index in [-0.39, 0.29) is 12.2 Å². The SMILES string of the molecule is O=C(O)CCc1cc(O)ccc1Br. The number of aryl methyl sites for hydroxylation is 1. The number of halogens is 1. The summed E-state index contributed by atoms with van der Waals surface area (Å²) in [5.41, 5.74) is 0.808. The molecule has 0 spiro atoms. The minimum Gasteiger partial charge on any atom is -0.508 e. The lowest BCUT2D eigenvalue weighted by atomic mass is 10.1. The lowest BCUT2D eigenvalue weighted by Crippen LogP contribution is -1.97. The maximum atomic E-state index is 10.3. The van der Waals surface area contributed by atoms with E-state index in [4.69, 9.17) is 10.2 Å². The molecule has 0 aliphatic heterocycles. The van der Waals surface area contributed by atoms with Crippen LogP contribution >= 0.6 is 15.9 Å². The van der Waals surface area contributed by atoms with Crippen molar-refractivity contribution in [2.24, 2.45) is 0 Å². The van der Waals surface area contributed by atoms with Gasteiger partial charge in [-0.2, -0.15) is 0 Å². The molecule has 0 heterocycles. The third-order valence-corrected chi connectivity index (χ3v) is 2.41. The smallest absolute Gasteiger partial charge is 0.303 e. The molecule has 3 nitrogen and oxygen atoms in total. The van der Waals surface area contributed by atoms with Crippen molar-refractivity contribution < 1.29 is 15.0 Å². The van der Waals surface area contributed by atoms with Gasteiger partial charge in [0.25, 0.3) is 0 Å². The molecule has 1 aromatic carbocycles. The maximum absolute atomic E-state index is 10.3. The Bertz CT molecular complexity index is 323. The fourth-order valence-electron chi connectivity index (χ4n) is 0.994. The van der Waals surface area contributed by atoms with Crippen LogP contribution in [-0.4, -0.2) is 16.2 Å². The van der Waals surface area contributed by atoms with Gasteiger partial charge in [-0.05, 0) is 30.2 Å². The third kappa shape index (κ3) is 3.06. The Kier molecular flexibility index (Phi) is 3.31. The number of hydrogen-bond donors (Lipinski definition) is 2. The third-order valence-electron chi connectivity index (χ3n) is 1.64. The van der Waals surface area contributed by atoms with Crippen molar-refractivity contribution in [2.45, 2.75) is 12.8 Å². The van der Waals surface area contributed by atoms with Gasteiger partial charge in [-0.25, -0.2) is 0 Å². The molecule has 0 atom stereocenters. The largest absolute Gasteiger partial charge is 0.508 e. The number of rotatable bonds is 3. The van der Waals surface area contributed by atoms with Crippen LogP contribution in [0.25, 0.3) is 0 Å². The number of carbonyl (C=O) groups is 1. The van der Waals surface area contributed by atoms with Gasteiger partial charge in [-0.15, -0.1) is 0 Å². The summed E-state index contributed by atoms with van der Waals surface area (Å²) in [7, 11) is 0. The molecule has 0 unspecified atom stereocenters. The monoisotopic (exact) mass is 244 g/mol. The standard InChI is InChI=1S/C9H9BrO3/c10-8-3-2-7(11)5-6(8)1-4-9(12)13/h2-3,5,11H,1,4H2,(H,12,13). The van der Waals surface area contributed by atoms with E-state index in [0.29, 0.717) is 6.42 Å². The van der Waals surface area contributed by atoms with Gasteiger partial charge in [0.1, 0.15) is 5.75 Å². The number of phenolic OH excluding ortho intramolecular Hbond substituents is 1. The molecule has 0 saturated carbocycles. The quantitative estimate of drug-likeness (QED) is 0.857. The van der Waals surface area contributed by atoms with Gasteiger partial charge in [0.2, 0.25) is 0 Å². The zero-order valence-corrected chi connectivity index (χ0v) is 8.41. The fraction of sp³-hybridized carbons (Fsp3) is 0.222. The van der Waals surface area contributed by atoms with E-state index < -0.39 is 5.97 Å². The van der Waals surface area contributed by atoms with Crippen molar-refractivity contribution >= 4 is 21.9 Å². The molecule has 1 aromatic rings. The molecule has 2 N–H and O–H groups in total. The first kappa shape index (κ1) is 10.1. The molecule has 0 fully saturated rings. The number of hydrogen-bond acceptors (Lipinski definition) is 2. The molecule has 1 rings (SSSR count). The van der Waals surface area contributed by atoms with Crippen molar-refractivity contribution in [3.05, 3.63) is 28.2 Å². The second-order valence-corrected chi connectivity index (χ2v) is 3.52. The Morgan fingerprint density at radius 1 is 1.46 bits per heavy atom. The summed E-state index contributed by atoms with van der Waals surface area (Å²) in [6.45, 7) is 0. The molecule has 0 aromatic heterocycles. The first-order valence-corrected chi connectivity index (χ1v) is 4.58. The van der Waals surface area contributed by atoms with E-state index in [9.17, 15) is 4.79 Å². The van der Waals surface area contributed by atoms with Gasteiger partial charge >= 0.3 is 5.97 Å². The number of carboxylic acid groups (broad SMARTS) is 1. The molecule has 70 valence electrons. The van der Waals surface area contributed by atoms with Crippen molar-refractivity contribution in [3.8, 4) is 5.75 Å². The Labute approximate surface area is 84.1 Å². The molecule has 4 heteroatoms. The van der Waals surface area contributed by atoms with Crippen LogP contribution in [0.3, 0.4) is 0 Å². The predicted octanol–water partition coefficient (Wildman–Crippen LogP) is 2.17. The lowest BCUT2D eigenvalue weighted by molar-refractivity contribution is -0.136. The van der Waals surface area contributed by atoms with Gasteiger partial charge in [0, 0.05) is 10.9 Å². The minimum absolute atomic E-state index is 0.0715. The molecule has 0 radical (unpaired) electrons. The number of aromatic hydroxyl groups is 1. The maximum Gasteiger partial charge on any atom is 0.303 e. The zero-order chi connectivity index (χ0) is 9.84. The second kappa shape index (κ2) is 4.28. The first-order valence-electron chi connectivity index (χ1n) is 3.79. The van der Waals surface area contributed by atoms with E-state index in [2.05, 4.69) is 15.9 Å². The summed E-state index contributed by atoms with van der Waals surface area (Å²) in [4.78, 5) is 10.3. The lowest BCUT2D eigenvalue weighted by Gasteiger charge is -2.02. The molecule has 0 bridgehead atoms. The normalized spacial score (nSPS) is 9.92. The van der Waals surface area contributed by atoms with Gasteiger partial charge in [-0.3, -0.25) is 4.79 Å². The summed E-state index contributed by atoms with van der Waals surface area (Å²) in [6, 6.07) is 4.81. The summed E-state index contributed by atoms with van der Waals surface area (Å²) in [6.07, 6.45) is 0.492. The Hall–Kier alpha value is -1.03. The minimum atomic E-state index is -0.838. The molecule has 13 heavy (non-hydrogen) atoms. The van der Waals surface area contributed by atoms with Crippen molar-refractivity contribution in [2.75, 3.05) is 0 Å². The number of aliphatic carboxylic acids is 1. The average molecular weight is 245 g/mol. The van der Waals surface area contributed by atoms with Crippen LogP contribution in [0.15, 0.2) is 22.7 Å². The molecule has 0 saturated heterocycles. The summed E-state index contributed by atoms with van der Waals surface area (Å²) < 4.78 is 0.826. The summed E-state index contributed by atoms with van der Waals surface area (Å²) in [5.74, 6) is -0.682. The first-order chi connectivity index (χ1) is 6.09. The number of carboxylic acids is 1. The Balaban J connectivity index is 2.75. The number of benzene rings is 1. The van der Waals surface area contributed by atoms with Crippen LogP contribution in [0, 0.1) is 0 Å². The molecular weight excluding hydrogens is 236 g/mol. The highest BCUT2D eigenvalue weighted by Crippen LogP contribution is 2.22. The average Bonchev–Trinajstić information content (AvgIpc) is 2.06. The van der Waals surface area contributed by atoms with Crippen LogP contribution in [0.5, 0.6) is 5.75 Å². The van der Waals surface area contributed by atoms with E-state index in [1.165, 1.54) is 0 Å². The Morgan fingerprint density at radius 2 is 2.15 bits per heavy atom. The van der Waals surface area contributed by atoms with Gasteiger partial charge < -0.3 is 10.2 Å². The fourth-order valence-corrected chi connectivity index (χ4v) is 1.44. The second-order valence-electron chi connectivity index (χ2n) is 2.67. The van der Waals surface area contributed by atoms with Crippen LogP contribution < -0.4 is 0 Å². The summed E-state index contributed by atoms with van der Waals surface area (Å²) in [5, 5.41) is 17.6. The van der Waals surface area contributed by atoms with Crippen molar-refractivity contribution in [1.82, 2.24) is 0 Å². The van der Waals surface area contributed by atoms with Gasteiger partial charge in [-0.1, -0.05) is 15.9 Å². The van der Waals surface area contributed by atoms with E-state index >= 15 is 0 Å². The van der Waals surface area contributed by atoms with Crippen molar-refractivity contribution in [3.63, 3.8) is 0 Å². The molecular formula is C9H9BrO3. The molecule has 0 amide bonds. The zero-order valence-electron chi connectivity index (χ0n) is 6.83. The topological polar surface area (TPSA) is 57.5 Å². The van der Waals surface area contributed by atoms with E-state index in [1.54, 1.807) is 18.2 Å².